The summed E-state index contributed by atoms with van der Waals surface area (Å²) in [6.07, 6.45) is 0.652. The van der Waals surface area contributed by atoms with E-state index in [1.54, 1.807) is 11.3 Å². The highest BCUT2D eigenvalue weighted by molar-refractivity contribution is 7.10. The maximum absolute atomic E-state index is 10.9. The number of carbonyl (C=O) groups is 1. The molecule has 0 saturated carbocycles. The molecule has 1 aliphatic rings. The van der Waals surface area contributed by atoms with Gasteiger partial charge in [0, 0.05) is 17.8 Å². The Hall–Kier alpha value is -0.870. The number of likely N-dealkylation sites (N-methyl/N-ethyl adjacent to an activating group) is 1. The molecular formula is C9H11NO2S. The Morgan fingerprint density at radius 2 is 2.54 bits per heavy atom. The summed E-state index contributed by atoms with van der Waals surface area (Å²) in [5.41, 5.74) is 1.28. The van der Waals surface area contributed by atoms with Crippen molar-refractivity contribution < 1.29 is 9.90 Å². The molecule has 0 aromatic carbocycles. The van der Waals surface area contributed by atoms with Crippen LogP contribution in [0.3, 0.4) is 0 Å². The van der Waals surface area contributed by atoms with Crippen LogP contribution in [0, 0.1) is 0 Å². The Kier molecular flexibility index (Phi) is 2.09. The topological polar surface area (TPSA) is 40.5 Å². The Morgan fingerprint density at radius 3 is 3.23 bits per heavy atom. The molecule has 1 unspecified atom stereocenters. The molecule has 0 amide bonds. The second-order valence-electron chi connectivity index (χ2n) is 3.34. The smallest absolute Gasteiger partial charge is 0.321 e. The zero-order valence-electron chi connectivity index (χ0n) is 7.36. The molecule has 1 N–H and O–H groups in total. The summed E-state index contributed by atoms with van der Waals surface area (Å²) in [5.74, 6) is -0.721. The number of hydrogen-bond acceptors (Lipinski definition) is 3. The normalized spacial score (nSPS) is 22.7. The number of thiophene rings is 1. The predicted octanol–water partition coefficient (Wildman–Crippen LogP) is 1.19. The molecule has 70 valence electrons. The quantitative estimate of drug-likeness (QED) is 0.735. The summed E-state index contributed by atoms with van der Waals surface area (Å²) in [6, 6.07) is 1.74. The van der Waals surface area contributed by atoms with Crippen LogP contribution in [0.1, 0.15) is 10.4 Å². The summed E-state index contributed by atoms with van der Waals surface area (Å²) < 4.78 is 0. The minimum atomic E-state index is -0.721. The summed E-state index contributed by atoms with van der Waals surface area (Å²) in [7, 11) is 1.86. The fraction of sp³-hybridized carbons (Fsp3) is 0.444. The molecule has 0 aliphatic carbocycles. The van der Waals surface area contributed by atoms with Gasteiger partial charge in [-0.3, -0.25) is 9.69 Å². The van der Waals surface area contributed by atoms with Crippen LogP contribution in [0.2, 0.25) is 0 Å². The lowest BCUT2D eigenvalue weighted by Gasteiger charge is -2.29. The van der Waals surface area contributed by atoms with Gasteiger partial charge in [0.25, 0.3) is 0 Å². The van der Waals surface area contributed by atoms with Gasteiger partial charge < -0.3 is 5.11 Å². The Bertz CT molecular complexity index is 334. The average molecular weight is 197 g/mol. The SMILES string of the molecule is CN1Cc2ccsc2CC1C(=O)O. The second-order valence-corrected chi connectivity index (χ2v) is 4.34. The van der Waals surface area contributed by atoms with Gasteiger partial charge in [0.1, 0.15) is 6.04 Å². The van der Waals surface area contributed by atoms with Crippen molar-refractivity contribution in [3.63, 3.8) is 0 Å². The number of carboxylic acid groups (broad SMARTS) is 1. The molecule has 0 fully saturated rings. The molecule has 2 heterocycles. The van der Waals surface area contributed by atoms with E-state index in [1.165, 1.54) is 10.4 Å². The first kappa shape index (κ1) is 8.72. The first-order valence-electron chi connectivity index (χ1n) is 4.17. The number of aliphatic carboxylic acids is 1. The van der Waals surface area contributed by atoms with Gasteiger partial charge in [0.2, 0.25) is 0 Å². The standard InChI is InChI=1S/C9H11NO2S/c1-10-5-6-2-3-13-8(6)4-7(10)9(11)12/h2-3,7H,4-5H2,1H3,(H,11,12). The maximum Gasteiger partial charge on any atom is 0.321 e. The Labute approximate surface area is 80.6 Å². The molecule has 1 aromatic rings. The third kappa shape index (κ3) is 1.47. The van der Waals surface area contributed by atoms with Crippen molar-refractivity contribution in [2.24, 2.45) is 0 Å². The van der Waals surface area contributed by atoms with Crippen LogP contribution in [-0.4, -0.2) is 29.1 Å². The van der Waals surface area contributed by atoms with Crippen LogP contribution in [-0.2, 0) is 17.8 Å². The molecule has 0 radical (unpaired) electrons. The molecule has 2 rings (SSSR count). The van der Waals surface area contributed by atoms with Gasteiger partial charge in [-0.1, -0.05) is 0 Å². The van der Waals surface area contributed by atoms with Crippen molar-refractivity contribution in [2.45, 2.75) is 19.0 Å². The summed E-state index contributed by atoms with van der Waals surface area (Å²) >= 11 is 1.66. The fourth-order valence-electron chi connectivity index (χ4n) is 1.67. The highest BCUT2D eigenvalue weighted by atomic mass is 32.1. The van der Waals surface area contributed by atoms with Gasteiger partial charge in [0.15, 0.2) is 0 Å². The number of hydrogen-bond donors (Lipinski definition) is 1. The zero-order chi connectivity index (χ0) is 9.42. The van der Waals surface area contributed by atoms with Crippen molar-refractivity contribution in [2.75, 3.05) is 7.05 Å². The summed E-state index contributed by atoms with van der Waals surface area (Å²) in [5, 5.41) is 11.0. The lowest BCUT2D eigenvalue weighted by molar-refractivity contribution is -0.143. The Morgan fingerprint density at radius 1 is 1.77 bits per heavy atom. The molecule has 0 saturated heterocycles. The van der Waals surface area contributed by atoms with Crippen molar-refractivity contribution in [1.29, 1.82) is 0 Å². The lowest BCUT2D eigenvalue weighted by Crippen LogP contribution is -2.42. The van der Waals surface area contributed by atoms with Crippen LogP contribution < -0.4 is 0 Å². The van der Waals surface area contributed by atoms with Gasteiger partial charge in [-0.2, -0.15) is 0 Å². The van der Waals surface area contributed by atoms with Crippen molar-refractivity contribution in [1.82, 2.24) is 4.90 Å². The predicted molar refractivity (Wildman–Crippen MR) is 50.9 cm³/mol. The molecule has 1 atom stereocenters. The minimum Gasteiger partial charge on any atom is -0.480 e. The van der Waals surface area contributed by atoms with Crippen LogP contribution in [0.25, 0.3) is 0 Å². The van der Waals surface area contributed by atoms with Gasteiger partial charge in [-0.05, 0) is 24.1 Å². The van der Waals surface area contributed by atoms with Crippen LogP contribution in [0.5, 0.6) is 0 Å². The van der Waals surface area contributed by atoms with E-state index in [1.807, 2.05) is 17.3 Å². The second kappa shape index (κ2) is 3.12. The highest BCUT2D eigenvalue weighted by Gasteiger charge is 2.29. The first-order chi connectivity index (χ1) is 6.18. The average Bonchev–Trinajstić information content (AvgIpc) is 2.48. The van der Waals surface area contributed by atoms with Gasteiger partial charge in [0.05, 0.1) is 0 Å². The van der Waals surface area contributed by atoms with E-state index < -0.39 is 5.97 Å². The van der Waals surface area contributed by atoms with Crippen molar-refractivity contribution in [3.8, 4) is 0 Å². The van der Waals surface area contributed by atoms with E-state index in [4.69, 9.17) is 5.11 Å². The van der Waals surface area contributed by atoms with Gasteiger partial charge in [-0.25, -0.2) is 0 Å². The third-order valence-electron chi connectivity index (χ3n) is 2.45. The number of carboxylic acids is 1. The van der Waals surface area contributed by atoms with E-state index in [0.717, 1.165) is 6.54 Å². The summed E-state index contributed by atoms with van der Waals surface area (Å²) in [6.45, 7) is 0.760. The number of fused-ring (bicyclic) bond motifs is 1. The fourth-order valence-corrected chi connectivity index (χ4v) is 2.61. The van der Waals surface area contributed by atoms with E-state index in [-0.39, 0.29) is 6.04 Å². The molecular weight excluding hydrogens is 186 g/mol. The number of nitrogens with zero attached hydrogens (tertiary/aromatic N) is 1. The molecule has 1 aliphatic heterocycles. The lowest BCUT2D eigenvalue weighted by atomic mass is 10.0. The van der Waals surface area contributed by atoms with Crippen LogP contribution in [0.15, 0.2) is 11.4 Å². The number of rotatable bonds is 1. The van der Waals surface area contributed by atoms with E-state index in [9.17, 15) is 4.79 Å². The van der Waals surface area contributed by atoms with Crippen LogP contribution >= 0.6 is 11.3 Å². The molecule has 3 nitrogen and oxygen atoms in total. The maximum atomic E-state index is 10.9. The summed E-state index contributed by atoms with van der Waals surface area (Å²) in [4.78, 5) is 14.0. The van der Waals surface area contributed by atoms with E-state index in [2.05, 4.69) is 6.07 Å². The molecule has 0 spiro atoms. The molecule has 4 heteroatoms. The monoisotopic (exact) mass is 197 g/mol. The minimum absolute atomic E-state index is 0.342. The van der Waals surface area contributed by atoms with E-state index in [0.29, 0.717) is 6.42 Å². The van der Waals surface area contributed by atoms with Crippen molar-refractivity contribution >= 4 is 17.3 Å². The molecule has 13 heavy (non-hydrogen) atoms. The first-order valence-corrected chi connectivity index (χ1v) is 5.04. The van der Waals surface area contributed by atoms with Gasteiger partial charge in [-0.15, -0.1) is 11.3 Å². The zero-order valence-corrected chi connectivity index (χ0v) is 8.17. The molecule has 1 aromatic heterocycles. The van der Waals surface area contributed by atoms with Crippen LogP contribution in [0.4, 0.5) is 0 Å². The third-order valence-corrected chi connectivity index (χ3v) is 3.44. The Balaban J connectivity index is 2.27. The largest absolute Gasteiger partial charge is 0.480 e. The van der Waals surface area contributed by atoms with E-state index >= 15 is 0 Å². The molecule has 0 bridgehead atoms. The highest BCUT2D eigenvalue weighted by Crippen LogP contribution is 2.26. The van der Waals surface area contributed by atoms with Gasteiger partial charge >= 0.3 is 5.97 Å². The van der Waals surface area contributed by atoms with Crippen molar-refractivity contribution in [3.05, 3.63) is 21.9 Å².